The predicted octanol–water partition coefficient (Wildman–Crippen LogP) is 4.93. The van der Waals surface area contributed by atoms with Crippen LogP contribution in [0.25, 0.3) is 33.1 Å². The van der Waals surface area contributed by atoms with E-state index in [1.807, 2.05) is 78.2 Å². The van der Waals surface area contributed by atoms with Crippen LogP contribution in [0.3, 0.4) is 0 Å². The number of rotatable bonds is 4. The molecule has 0 fully saturated rings. The molecule has 0 atom stereocenters. The van der Waals surface area contributed by atoms with E-state index in [4.69, 9.17) is 21.6 Å². The van der Waals surface area contributed by atoms with Crippen LogP contribution < -0.4 is 5.43 Å². The first-order valence-corrected chi connectivity index (χ1v) is 10.2. The quantitative estimate of drug-likeness (QED) is 0.326. The fourth-order valence-electron chi connectivity index (χ4n) is 3.64. The molecule has 3 aromatic carbocycles. The first-order chi connectivity index (χ1) is 15.1. The van der Waals surface area contributed by atoms with Crippen LogP contribution in [0.4, 0.5) is 0 Å². The van der Waals surface area contributed by atoms with Gasteiger partial charge in [0.15, 0.2) is 5.65 Å². The maximum absolute atomic E-state index is 12.8. The van der Waals surface area contributed by atoms with Gasteiger partial charge in [-0.15, -0.1) is 0 Å². The molecule has 7 heteroatoms. The topological polar surface area (TPSA) is 72.2 Å². The Bertz CT molecular complexity index is 1470. The largest absolute Gasteiger partial charge is 0.314 e. The van der Waals surface area contributed by atoms with Gasteiger partial charge in [0.2, 0.25) is 0 Å². The number of nitrogens with one attached hydrogen (secondary N) is 1. The van der Waals surface area contributed by atoms with Crippen LogP contribution in [-0.4, -0.2) is 26.2 Å². The highest BCUT2D eigenvalue weighted by molar-refractivity contribution is 6.31. The summed E-state index contributed by atoms with van der Waals surface area (Å²) >= 11 is 6.24. The molecule has 2 aromatic heterocycles. The highest BCUT2D eigenvalue weighted by Crippen LogP contribution is 2.30. The third kappa shape index (κ3) is 3.62. The molecule has 31 heavy (non-hydrogen) atoms. The Balaban J connectivity index is 1.55. The molecule has 1 amide bonds. The van der Waals surface area contributed by atoms with Crippen molar-refractivity contribution >= 4 is 56.3 Å². The Hall–Kier alpha value is -3.77. The van der Waals surface area contributed by atoms with Gasteiger partial charge >= 0.3 is 0 Å². The van der Waals surface area contributed by atoms with Crippen molar-refractivity contribution < 1.29 is 4.79 Å². The van der Waals surface area contributed by atoms with E-state index in [-0.39, 0.29) is 12.5 Å². The molecule has 0 radical (unpaired) electrons. The molecular formula is C24H18ClN5O. The van der Waals surface area contributed by atoms with Crippen LogP contribution in [0, 0.1) is 0 Å². The fraction of sp³-hybridized carbons (Fsp3) is 0.0833. The van der Waals surface area contributed by atoms with Gasteiger partial charge in [-0.05, 0) is 42.8 Å². The van der Waals surface area contributed by atoms with E-state index in [1.54, 1.807) is 6.07 Å². The highest BCUT2D eigenvalue weighted by Gasteiger charge is 2.17. The SMILES string of the molecule is C/C(=N/NC(=O)Cn1c2ccc(Cl)cc2c2nc3ccccc3nc21)c1ccccc1. The molecule has 6 nitrogen and oxygen atoms in total. The van der Waals surface area contributed by atoms with Gasteiger partial charge in [-0.3, -0.25) is 4.79 Å². The number of amides is 1. The Morgan fingerprint density at radius 1 is 1.00 bits per heavy atom. The predicted molar refractivity (Wildman–Crippen MR) is 124 cm³/mol. The second kappa shape index (κ2) is 7.81. The van der Waals surface area contributed by atoms with Crippen LogP contribution in [0.5, 0.6) is 0 Å². The van der Waals surface area contributed by atoms with Crippen LogP contribution in [0.2, 0.25) is 5.02 Å². The number of hydrogen-bond donors (Lipinski definition) is 1. The number of para-hydroxylation sites is 2. The van der Waals surface area contributed by atoms with Gasteiger partial charge in [0.1, 0.15) is 12.1 Å². The molecule has 5 rings (SSSR count). The number of benzene rings is 3. The number of halogens is 1. The van der Waals surface area contributed by atoms with E-state index < -0.39 is 0 Å². The van der Waals surface area contributed by atoms with Gasteiger partial charge in [0.05, 0.1) is 22.3 Å². The molecular weight excluding hydrogens is 410 g/mol. The lowest BCUT2D eigenvalue weighted by Gasteiger charge is -2.07. The third-order valence-electron chi connectivity index (χ3n) is 5.15. The molecule has 0 aliphatic heterocycles. The van der Waals surface area contributed by atoms with Crippen molar-refractivity contribution in [2.75, 3.05) is 0 Å². The fourth-order valence-corrected chi connectivity index (χ4v) is 3.81. The standard InChI is InChI=1S/C24H18ClN5O/c1-15(16-7-3-2-4-8-16)28-29-22(31)14-30-21-12-11-17(25)13-18(21)23-24(30)27-20-10-6-5-9-19(20)26-23/h2-13H,14H2,1H3,(H,29,31)/b28-15-. The summed E-state index contributed by atoms with van der Waals surface area (Å²) in [7, 11) is 0. The van der Waals surface area contributed by atoms with Gasteiger partial charge in [0.25, 0.3) is 5.91 Å². The van der Waals surface area contributed by atoms with E-state index in [0.717, 1.165) is 33.2 Å². The minimum Gasteiger partial charge on any atom is -0.314 e. The summed E-state index contributed by atoms with van der Waals surface area (Å²) in [5.41, 5.74) is 8.08. The Labute approximate surface area is 183 Å². The third-order valence-corrected chi connectivity index (χ3v) is 5.39. The lowest BCUT2D eigenvalue weighted by molar-refractivity contribution is -0.121. The monoisotopic (exact) mass is 427 g/mol. The Morgan fingerprint density at radius 2 is 1.71 bits per heavy atom. The molecule has 0 saturated carbocycles. The molecule has 0 aliphatic carbocycles. The first kappa shape index (κ1) is 19.2. The maximum Gasteiger partial charge on any atom is 0.260 e. The summed E-state index contributed by atoms with van der Waals surface area (Å²) in [4.78, 5) is 22.3. The average molecular weight is 428 g/mol. The van der Waals surface area contributed by atoms with E-state index in [9.17, 15) is 4.79 Å². The van der Waals surface area contributed by atoms with Crippen molar-refractivity contribution in [3.05, 3.63) is 83.4 Å². The summed E-state index contributed by atoms with van der Waals surface area (Å²) < 4.78 is 1.85. The molecule has 1 N–H and O–H groups in total. The van der Waals surface area contributed by atoms with Gasteiger partial charge < -0.3 is 4.57 Å². The minimum atomic E-state index is -0.251. The summed E-state index contributed by atoms with van der Waals surface area (Å²) in [6, 6.07) is 22.9. The van der Waals surface area contributed by atoms with Crippen LogP contribution >= 0.6 is 11.6 Å². The number of carbonyl (C=O) groups is 1. The number of carbonyl (C=O) groups excluding carboxylic acids is 1. The molecule has 152 valence electrons. The minimum absolute atomic E-state index is 0.0558. The first-order valence-electron chi connectivity index (χ1n) is 9.83. The summed E-state index contributed by atoms with van der Waals surface area (Å²) in [5.74, 6) is -0.251. The molecule has 0 saturated heterocycles. The number of fused-ring (bicyclic) bond motifs is 4. The van der Waals surface area contributed by atoms with E-state index in [0.29, 0.717) is 16.2 Å². The number of nitrogens with zero attached hydrogens (tertiary/aromatic N) is 4. The highest BCUT2D eigenvalue weighted by atomic mass is 35.5. The Morgan fingerprint density at radius 3 is 2.48 bits per heavy atom. The van der Waals surface area contributed by atoms with Gasteiger partial charge in [-0.25, -0.2) is 15.4 Å². The van der Waals surface area contributed by atoms with Crippen LogP contribution in [0.15, 0.2) is 77.9 Å². The zero-order valence-corrected chi connectivity index (χ0v) is 17.5. The van der Waals surface area contributed by atoms with Crippen molar-refractivity contribution in [2.24, 2.45) is 5.10 Å². The van der Waals surface area contributed by atoms with Crippen molar-refractivity contribution in [1.82, 2.24) is 20.0 Å². The van der Waals surface area contributed by atoms with Crippen LogP contribution in [0.1, 0.15) is 12.5 Å². The van der Waals surface area contributed by atoms with Crippen molar-refractivity contribution in [3.63, 3.8) is 0 Å². The lowest BCUT2D eigenvalue weighted by atomic mass is 10.1. The molecule has 0 aliphatic rings. The smallest absolute Gasteiger partial charge is 0.260 e. The van der Waals surface area contributed by atoms with Gasteiger partial charge in [-0.1, -0.05) is 54.1 Å². The summed E-state index contributed by atoms with van der Waals surface area (Å²) in [6.45, 7) is 1.91. The Kier molecular flexibility index (Phi) is 4.84. The molecule has 0 spiro atoms. The van der Waals surface area contributed by atoms with Crippen LogP contribution in [-0.2, 0) is 11.3 Å². The molecule has 5 aromatic rings. The second-order valence-electron chi connectivity index (χ2n) is 7.23. The number of hydrazone groups is 1. The maximum atomic E-state index is 12.8. The molecule has 2 heterocycles. The number of hydrogen-bond acceptors (Lipinski definition) is 4. The molecule has 0 unspecified atom stereocenters. The summed E-state index contributed by atoms with van der Waals surface area (Å²) in [5, 5.41) is 5.71. The zero-order valence-electron chi connectivity index (χ0n) is 16.7. The summed E-state index contributed by atoms with van der Waals surface area (Å²) in [6.07, 6.45) is 0. The van der Waals surface area contributed by atoms with Gasteiger partial charge in [0, 0.05) is 10.4 Å². The number of aromatic nitrogens is 3. The second-order valence-corrected chi connectivity index (χ2v) is 7.67. The molecule has 0 bridgehead atoms. The van der Waals surface area contributed by atoms with Gasteiger partial charge in [-0.2, -0.15) is 5.10 Å². The van der Waals surface area contributed by atoms with E-state index in [1.165, 1.54) is 0 Å². The van der Waals surface area contributed by atoms with Crippen molar-refractivity contribution in [2.45, 2.75) is 13.5 Å². The zero-order chi connectivity index (χ0) is 21.4. The van der Waals surface area contributed by atoms with E-state index in [2.05, 4.69) is 10.5 Å². The lowest BCUT2D eigenvalue weighted by Crippen LogP contribution is -2.24. The van der Waals surface area contributed by atoms with Crippen molar-refractivity contribution in [3.8, 4) is 0 Å². The average Bonchev–Trinajstić information content (AvgIpc) is 3.08. The van der Waals surface area contributed by atoms with E-state index >= 15 is 0 Å². The normalized spacial score (nSPS) is 12.0. The van der Waals surface area contributed by atoms with Crippen molar-refractivity contribution in [1.29, 1.82) is 0 Å².